The second-order valence-electron chi connectivity index (χ2n) is 6.11. The molecule has 0 aromatic heterocycles. The van der Waals surface area contributed by atoms with Gasteiger partial charge in [-0.3, -0.25) is 4.90 Å². The monoisotopic (exact) mass is 279 g/mol. The summed E-state index contributed by atoms with van der Waals surface area (Å²) in [6, 6.07) is 6.56. The summed E-state index contributed by atoms with van der Waals surface area (Å²) < 4.78 is 13.3. The van der Waals surface area contributed by atoms with Gasteiger partial charge in [0.2, 0.25) is 0 Å². The average Bonchev–Trinajstić information content (AvgIpc) is 2.47. The lowest BCUT2D eigenvalue weighted by Gasteiger charge is -2.46. The molecule has 2 nitrogen and oxygen atoms in total. The first-order valence-electron chi connectivity index (χ1n) is 7.74. The number of rotatable bonds is 5. The fourth-order valence-electron chi connectivity index (χ4n) is 3.18. The molecule has 1 aliphatic rings. The number of likely N-dealkylation sites (tertiary alicyclic amines) is 1. The van der Waals surface area contributed by atoms with E-state index in [4.69, 9.17) is 0 Å². The molecule has 0 aliphatic carbocycles. The van der Waals surface area contributed by atoms with Crippen LogP contribution in [-0.2, 0) is 6.42 Å². The van der Waals surface area contributed by atoms with Crippen molar-refractivity contribution in [3.63, 3.8) is 0 Å². The summed E-state index contributed by atoms with van der Waals surface area (Å²) in [6.45, 7) is 6.39. The van der Waals surface area contributed by atoms with Gasteiger partial charge in [-0.05, 0) is 57.0 Å². The Morgan fingerprint density at radius 2 is 2.00 bits per heavy atom. The van der Waals surface area contributed by atoms with Crippen molar-refractivity contribution < 1.29 is 9.50 Å². The number of aliphatic hydroxyl groups is 1. The number of benzene rings is 1. The Morgan fingerprint density at radius 1 is 1.30 bits per heavy atom. The second kappa shape index (κ2) is 6.68. The highest BCUT2D eigenvalue weighted by Crippen LogP contribution is 2.29. The highest BCUT2D eigenvalue weighted by atomic mass is 19.1. The Labute approximate surface area is 121 Å². The maximum atomic E-state index is 13.3. The molecule has 20 heavy (non-hydrogen) atoms. The van der Waals surface area contributed by atoms with Crippen LogP contribution in [0.2, 0.25) is 0 Å². The predicted octanol–water partition coefficient (Wildman–Crippen LogP) is 3.38. The van der Waals surface area contributed by atoms with E-state index in [2.05, 4.69) is 18.7 Å². The molecule has 1 aromatic carbocycles. The molecule has 0 amide bonds. The molecular formula is C17H26FNO. The van der Waals surface area contributed by atoms with Crippen molar-refractivity contribution in [2.45, 2.75) is 57.6 Å². The van der Waals surface area contributed by atoms with E-state index in [9.17, 15) is 9.50 Å². The summed E-state index contributed by atoms with van der Waals surface area (Å²) in [6.07, 6.45) is 4.66. The van der Waals surface area contributed by atoms with E-state index >= 15 is 0 Å². The number of hydrogen-bond acceptors (Lipinski definition) is 2. The van der Waals surface area contributed by atoms with Crippen LogP contribution in [0.1, 0.15) is 45.1 Å². The highest BCUT2D eigenvalue weighted by Gasteiger charge is 2.37. The van der Waals surface area contributed by atoms with Gasteiger partial charge in [-0.1, -0.05) is 25.5 Å². The van der Waals surface area contributed by atoms with Crippen LogP contribution in [0.3, 0.4) is 0 Å². The third kappa shape index (κ3) is 3.39. The SMILES string of the molecule is CCC(C)(C(O)Cc1cccc(F)c1)N1CCCCC1. The summed E-state index contributed by atoms with van der Waals surface area (Å²) in [5.41, 5.74) is 0.654. The van der Waals surface area contributed by atoms with Gasteiger partial charge in [-0.25, -0.2) is 4.39 Å². The third-order valence-electron chi connectivity index (χ3n) is 4.83. The topological polar surface area (TPSA) is 23.5 Å². The summed E-state index contributed by atoms with van der Waals surface area (Å²) in [7, 11) is 0. The predicted molar refractivity (Wildman–Crippen MR) is 80.2 cm³/mol. The average molecular weight is 279 g/mol. The van der Waals surface area contributed by atoms with Crippen LogP contribution < -0.4 is 0 Å². The van der Waals surface area contributed by atoms with Gasteiger partial charge < -0.3 is 5.11 Å². The summed E-state index contributed by atoms with van der Waals surface area (Å²) in [5.74, 6) is -0.231. The minimum atomic E-state index is -0.465. The van der Waals surface area contributed by atoms with Crippen LogP contribution in [0, 0.1) is 5.82 Å². The second-order valence-corrected chi connectivity index (χ2v) is 6.11. The first-order valence-corrected chi connectivity index (χ1v) is 7.74. The van der Waals surface area contributed by atoms with E-state index < -0.39 is 6.10 Å². The smallest absolute Gasteiger partial charge is 0.123 e. The molecule has 2 atom stereocenters. The lowest BCUT2D eigenvalue weighted by atomic mass is 9.84. The van der Waals surface area contributed by atoms with Crippen LogP contribution >= 0.6 is 0 Å². The minimum absolute atomic E-state index is 0.216. The highest BCUT2D eigenvalue weighted by molar-refractivity contribution is 5.18. The van der Waals surface area contributed by atoms with Crippen LogP contribution in [0.15, 0.2) is 24.3 Å². The van der Waals surface area contributed by atoms with Crippen molar-refractivity contribution in [2.75, 3.05) is 13.1 Å². The fraction of sp³-hybridized carbons (Fsp3) is 0.647. The molecule has 1 heterocycles. The minimum Gasteiger partial charge on any atom is -0.391 e. The zero-order valence-electron chi connectivity index (χ0n) is 12.6. The molecule has 0 bridgehead atoms. The molecule has 3 heteroatoms. The Bertz CT molecular complexity index is 431. The fourth-order valence-corrected chi connectivity index (χ4v) is 3.18. The molecule has 2 rings (SSSR count). The zero-order chi connectivity index (χ0) is 14.6. The van der Waals surface area contributed by atoms with Crippen molar-refractivity contribution in [1.82, 2.24) is 4.90 Å². The molecular weight excluding hydrogens is 253 g/mol. The van der Waals surface area contributed by atoms with E-state index in [1.54, 1.807) is 6.07 Å². The van der Waals surface area contributed by atoms with Gasteiger partial charge in [-0.15, -0.1) is 0 Å². The van der Waals surface area contributed by atoms with Gasteiger partial charge in [0, 0.05) is 12.0 Å². The zero-order valence-corrected chi connectivity index (χ0v) is 12.6. The van der Waals surface area contributed by atoms with E-state index in [0.29, 0.717) is 6.42 Å². The van der Waals surface area contributed by atoms with Crippen LogP contribution in [-0.4, -0.2) is 34.7 Å². The van der Waals surface area contributed by atoms with Crippen LogP contribution in [0.5, 0.6) is 0 Å². The molecule has 1 fully saturated rings. The number of halogens is 1. The van der Waals surface area contributed by atoms with Crippen molar-refractivity contribution >= 4 is 0 Å². The molecule has 0 saturated carbocycles. The van der Waals surface area contributed by atoms with Crippen molar-refractivity contribution in [1.29, 1.82) is 0 Å². The number of aliphatic hydroxyl groups excluding tert-OH is 1. The third-order valence-corrected chi connectivity index (χ3v) is 4.83. The van der Waals surface area contributed by atoms with Gasteiger partial charge in [-0.2, -0.15) is 0 Å². The molecule has 0 radical (unpaired) electrons. The maximum Gasteiger partial charge on any atom is 0.123 e. The number of piperidine rings is 1. The van der Waals surface area contributed by atoms with E-state index in [-0.39, 0.29) is 11.4 Å². The van der Waals surface area contributed by atoms with E-state index in [1.165, 1.54) is 31.4 Å². The lowest BCUT2D eigenvalue weighted by Crippen LogP contribution is -2.56. The summed E-state index contributed by atoms with van der Waals surface area (Å²) >= 11 is 0. The number of nitrogens with zero attached hydrogens (tertiary/aromatic N) is 1. The van der Waals surface area contributed by atoms with Gasteiger partial charge in [0.1, 0.15) is 5.82 Å². The Kier molecular flexibility index (Phi) is 5.17. The van der Waals surface area contributed by atoms with Crippen LogP contribution in [0.25, 0.3) is 0 Å². The van der Waals surface area contributed by atoms with Gasteiger partial charge >= 0.3 is 0 Å². The van der Waals surface area contributed by atoms with Gasteiger partial charge in [0.05, 0.1) is 6.10 Å². The Balaban J connectivity index is 2.09. The van der Waals surface area contributed by atoms with E-state index in [1.807, 2.05) is 6.07 Å². The maximum absolute atomic E-state index is 13.3. The molecule has 1 saturated heterocycles. The normalized spacial score (nSPS) is 21.4. The molecule has 0 spiro atoms. The van der Waals surface area contributed by atoms with Crippen molar-refractivity contribution in [3.05, 3.63) is 35.6 Å². The quantitative estimate of drug-likeness (QED) is 0.893. The van der Waals surface area contributed by atoms with Crippen LogP contribution in [0.4, 0.5) is 4.39 Å². The van der Waals surface area contributed by atoms with Gasteiger partial charge in [0.25, 0.3) is 0 Å². The van der Waals surface area contributed by atoms with E-state index in [0.717, 1.165) is 25.1 Å². The molecule has 112 valence electrons. The summed E-state index contributed by atoms with van der Waals surface area (Å²) in [5, 5.41) is 10.7. The Hall–Kier alpha value is -0.930. The van der Waals surface area contributed by atoms with Crippen molar-refractivity contribution in [2.24, 2.45) is 0 Å². The molecule has 1 N–H and O–H groups in total. The standard InChI is InChI=1S/C17H26FNO/c1-3-17(2,19-10-5-4-6-11-19)16(20)13-14-8-7-9-15(18)12-14/h7-9,12,16,20H,3-6,10-11,13H2,1-2H3. The van der Waals surface area contributed by atoms with Gasteiger partial charge in [0.15, 0.2) is 0 Å². The largest absolute Gasteiger partial charge is 0.391 e. The molecule has 1 aliphatic heterocycles. The molecule has 1 aromatic rings. The summed E-state index contributed by atoms with van der Waals surface area (Å²) in [4.78, 5) is 2.42. The molecule has 2 unspecified atom stereocenters. The number of hydrogen-bond donors (Lipinski definition) is 1. The first-order chi connectivity index (χ1) is 9.56. The Morgan fingerprint density at radius 3 is 2.60 bits per heavy atom. The lowest BCUT2D eigenvalue weighted by molar-refractivity contribution is -0.0328. The van der Waals surface area contributed by atoms with Crippen molar-refractivity contribution in [3.8, 4) is 0 Å². The first kappa shape index (κ1) is 15.5.